The van der Waals surface area contributed by atoms with Crippen LogP contribution in [0.3, 0.4) is 0 Å². The van der Waals surface area contributed by atoms with Gasteiger partial charge in [-0.05, 0) is 12.1 Å². The SMILES string of the molecule is Cn1c2ccccc2c2c[n+](C)c3ccccc3c21.[I-]. The van der Waals surface area contributed by atoms with Crippen LogP contribution in [-0.2, 0) is 14.1 Å². The van der Waals surface area contributed by atoms with E-state index in [0.717, 1.165) is 0 Å². The fourth-order valence-corrected chi connectivity index (χ4v) is 3.12. The minimum absolute atomic E-state index is 0. The maximum Gasteiger partial charge on any atom is 0.214 e. The van der Waals surface area contributed by atoms with Crippen molar-refractivity contribution in [2.75, 3.05) is 0 Å². The number of pyridine rings is 1. The molecule has 4 aromatic rings. The number of para-hydroxylation sites is 2. The molecule has 20 heavy (non-hydrogen) atoms. The third-order valence-electron chi connectivity index (χ3n) is 4.01. The topological polar surface area (TPSA) is 8.81 Å². The molecule has 0 fully saturated rings. The zero-order valence-electron chi connectivity index (χ0n) is 11.5. The molecule has 0 radical (unpaired) electrons. The number of hydrogen-bond donors (Lipinski definition) is 0. The highest BCUT2D eigenvalue weighted by Gasteiger charge is 2.16. The summed E-state index contributed by atoms with van der Waals surface area (Å²) in [4.78, 5) is 0. The van der Waals surface area contributed by atoms with Crippen molar-refractivity contribution in [3.05, 3.63) is 54.7 Å². The maximum absolute atomic E-state index is 2.30. The molecule has 0 amide bonds. The molecular formula is C17H15IN2. The fourth-order valence-electron chi connectivity index (χ4n) is 3.12. The average Bonchev–Trinajstić information content (AvgIpc) is 2.73. The van der Waals surface area contributed by atoms with Crippen molar-refractivity contribution in [1.82, 2.24) is 4.57 Å². The summed E-state index contributed by atoms with van der Waals surface area (Å²) >= 11 is 0. The van der Waals surface area contributed by atoms with Gasteiger partial charge in [-0.2, -0.15) is 0 Å². The van der Waals surface area contributed by atoms with E-state index in [9.17, 15) is 0 Å². The van der Waals surface area contributed by atoms with E-state index in [-0.39, 0.29) is 24.0 Å². The van der Waals surface area contributed by atoms with E-state index in [2.05, 4.69) is 78.0 Å². The second-order valence-corrected chi connectivity index (χ2v) is 5.10. The highest BCUT2D eigenvalue weighted by molar-refractivity contribution is 6.15. The highest BCUT2D eigenvalue weighted by Crippen LogP contribution is 2.31. The summed E-state index contributed by atoms with van der Waals surface area (Å²) in [6.07, 6.45) is 2.24. The number of hydrogen-bond acceptors (Lipinski definition) is 0. The summed E-state index contributed by atoms with van der Waals surface area (Å²) in [5, 5.41) is 3.95. The monoisotopic (exact) mass is 374 g/mol. The smallest absolute Gasteiger partial charge is 0.214 e. The Balaban J connectivity index is 0.00000121. The Morgan fingerprint density at radius 2 is 1.50 bits per heavy atom. The van der Waals surface area contributed by atoms with Crippen LogP contribution in [0, 0.1) is 0 Å². The molecule has 2 aromatic heterocycles. The van der Waals surface area contributed by atoms with E-state index in [1.807, 2.05) is 0 Å². The van der Waals surface area contributed by atoms with Crippen molar-refractivity contribution in [2.24, 2.45) is 14.1 Å². The molecule has 0 atom stereocenters. The minimum Gasteiger partial charge on any atom is -1.00 e. The Hall–Kier alpha value is -1.62. The summed E-state index contributed by atoms with van der Waals surface area (Å²) in [6, 6.07) is 17.2. The predicted molar refractivity (Wildman–Crippen MR) is 79.1 cm³/mol. The van der Waals surface area contributed by atoms with Crippen molar-refractivity contribution < 1.29 is 28.5 Å². The molecule has 0 bridgehead atoms. The first-order valence-corrected chi connectivity index (χ1v) is 6.52. The molecule has 2 aromatic carbocycles. The lowest BCUT2D eigenvalue weighted by molar-refractivity contribution is -0.643. The molecule has 0 aliphatic heterocycles. The summed E-state index contributed by atoms with van der Waals surface area (Å²) in [6.45, 7) is 0. The molecule has 0 saturated carbocycles. The van der Waals surface area contributed by atoms with Crippen LogP contribution < -0.4 is 28.5 Å². The number of aryl methyl sites for hydroxylation is 2. The molecule has 0 N–H and O–H groups in total. The van der Waals surface area contributed by atoms with Crippen LogP contribution in [0.5, 0.6) is 0 Å². The molecule has 0 aliphatic carbocycles. The quantitative estimate of drug-likeness (QED) is 0.310. The third-order valence-corrected chi connectivity index (χ3v) is 4.01. The van der Waals surface area contributed by atoms with Gasteiger partial charge in [-0.1, -0.05) is 30.3 Å². The van der Waals surface area contributed by atoms with Crippen molar-refractivity contribution in [1.29, 1.82) is 0 Å². The number of aromatic nitrogens is 2. The van der Waals surface area contributed by atoms with Crippen molar-refractivity contribution >= 4 is 32.7 Å². The predicted octanol–water partition coefficient (Wildman–Crippen LogP) is 0.313. The van der Waals surface area contributed by atoms with Gasteiger partial charge in [0, 0.05) is 24.0 Å². The lowest BCUT2D eigenvalue weighted by Gasteiger charge is -2.01. The van der Waals surface area contributed by atoms with Gasteiger partial charge in [0.15, 0.2) is 6.20 Å². The van der Waals surface area contributed by atoms with Gasteiger partial charge >= 0.3 is 0 Å². The van der Waals surface area contributed by atoms with Crippen molar-refractivity contribution in [3.63, 3.8) is 0 Å². The first-order chi connectivity index (χ1) is 9.27. The van der Waals surface area contributed by atoms with Gasteiger partial charge in [-0.15, -0.1) is 0 Å². The standard InChI is InChI=1S/C17H15N2.HI/c1-18-11-14-12-7-3-6-10-16(12)19(2)17(14)13-8-4-5-9-15(13)18;/h3-11H,1-2H3;1H/q+1;/p-1. The molecule has 0 unspecified atom stereocenters. The molecule has 2 nitrogen and oxygen atoms in total. The van der Waals surface area contributed by atoms with E-state index in [1.165, 1.54) is 32.7 Å². The van der Waals surface area contributed by atoms with Crippen LogP contribution in [0.15, 0.2) is 54.7 Å². The number of rotatable bonds is 0. The summed E-state index contributed by atoms with van der Waals surface area (Å²) in [5.74, 6) is 0. The lowest BCUT2D eigenvalue weighted by atomic mass is 10.1. The van der Waals surface area contributed by atoms with Gasteiger partial charge in [0.05, 0.1) is 16.3 Å². The van der Waals surface area contributed by atoms with Gasteiger partial charge < -0.3 is 28.5 Å². The third kappa shape index (κ3) is 1.66. The van der Waals surface area contributed by atoms with Crippen LogP contribution in [0.4, 0.5) is 0 Å². The van der Waals surface area contributed by atoms with Gasteiger partial charge in [-0.3, -0.25) is 0 Å². The number of fused-ring (bicyclic) bond motifs is 5. The van der Waals surface area contributed by atoms with Crippen LogP contribution in [0.25, 0.3) is 32.7 Å². The average molecular weight is 374 g/mol. The highest BCUT2D eigenvalue weighted by atomic mass is 127. The Kier molecular flexibility index (Phi) is 3.17. The Morgan fingerprint density at radius 3 is 2.30 bits per heavy atom. The van der Waals surface area contributed by atoms with E-state index < -0.39 is 0 Å². The summed E-state index contributed by atoms with van der Waals surface area (Å²) < 4.78 is 4.51. The lowest BCUT2D eigenvalue weighted by Crippen LogP contribution is -3.00. The number of benzene rings is 2. The van der Waals surface area contributed by atoms with Crippen LogP contribution >= 0.6 is 0 Å². The summed E-state index contributed by atoms with van der Waals surface area (Å²) in [5.41, 5.74) is 3.87. The van der Waals surface area contributed by atoms with Gasteiger partial charge in [0.2, 0.25) is 5.52 Å². The second-order valence-electron chi connectivity index (χ2n) is 5.10. The number of nitrogens with zero attached hydrogens (tertiary/aromatic N) is 2. The second kappa shape index (κ2) is 4.74. The Bertz CT molecular complexity index is 938. The van der Waals surface area contributed by atoms with E-state index in [1.54, 1.807) is 0 Å². The normalized spacial score (nSPS) is 11.1. The fraction of sp³-hybridized carbons (Fsp3) is 0.118. The van der Waals surface area contributed by atoms with Crippen molar-refractivity contribution in [3.8, 4) is 0 Å². The van der Waals surface area contributed by atoms with Crippen LogP contribution in [0.2, 0.25) is 0 Å². The van der Waals surface area contributed by atoms with Gasteiger partial charge in [-0.25, -0.2) is 4.57 Å². The molecule has 0 spiro atoms. The zero-order chi connectivity index (χ0) is 13.0. The summed E-state index contributed by atoms with van der Waals surface area (Å²) in [7, 11) is 4.26. The molecule has 3 heteroatoms. The van der Waals surface area contributed by atoms with E-state index >= 15 is 0 Å². The van der Waals surface area contributed by atoms with Gasteiger partial charge in [0.25, 0.3) is 0 Å². The molecule has 100 valence electrons. The van der Waals surface area contributed by atoms with E-state index in [0.29, 0.717) is 0 Å². The first kappa shape index (κ1) is 13.4. The van der Waals surface area contributed by atoms with Crippen LogP contribution in [-0.4, -0.2) is 4.57 Å². The molecule has 4 rings (SSSR count). The minimum atomic E-state index is 0. The molecule has 0 saturated heterocycles. The molecular weight excluding hydrogens is 359 g/mol. The largest absolute Gasteiger partial charge is 1.00 e. The van der Waals surface area contributed by atoms with Crippen molar-refractivity contribution in [2.45, 2.75) is 0 Å². The Morgan fingerprint density at radius 1 is 0.850 bits per heavy atom. The maximum atomic E-state index is 2.30. The zero-order valence-corrected chi connectivity index (χ0v) is 13.6. The molecule has 0 aliphatic rings. The Labute approximate surface area is 134 Å². The first-order valence-electron chi connectivity index (χ1n) is 6.52. The van der Waals surface area contributed by atoms with Crippen LogP contribution in [0.1, 0.15) is 0 Å². The van der Waals surface area contributed by atoms with E-state index in [4.69, 9.17) is 0 Å². The van der Waals surface area contributed by atoms with Gasteiger partial charge in [0.1, 0.15) is 7.05 Å². The number of halogens is 1. The molecule has 2 heterocycles.